The lowest BCUT2D eigenvalue weighted by Crippen LogP contribution is -2.42. The highest BCUT2D eigenvalue weighted by Gasteiger charge is 2.50. The van der Waals surface area contributed by atoms with E-state index in [0.29, 0.717) is 31.9 Å². The number of halogens is 3. The summed E-state index contributed by atoms with van der Waals surface area (Å²) < 4.78 is 50.0. The van der Waals surface area contributed by atoms with Crippen molar-refractivity contribution >= 4 is 5.97 Å². The first-order valence-electron chi connectivity index (χ1n) is 9.64. The van der Waals surface area contributed by atoms with Crippen LogP contribution in [0.5, 0.6) is 0 Å². The van der Waals surface area contributed by atoms with Crippen LogP contribution in [0.25, 0.3) is 0 Å². The lowest BCUT2D eigenvalue weighted by molar-refractivity contribution is -0.191. The van der Waals surface area contributed by atoms with Crippen LogP contribution in [0.15, 0.2) is 24.3 Å². The van der Waals surface area contributed by atoms with Crippen molar-refractivity contribution in [2.45, 2.75) is 50.1 Å². The number of nitrogens with zero attached hydrogens (tertiary/aromatic N) is 1. The van der Waals surface area contributed by atoms with E-state index in [1.807, 2.05) is 4.90 Å². The van der Waals surface area contributed by atoms with Crippen molar-refractivity contribution in [2.75, 3.05) is 26.3 Å². The lowest BCUT2D eigenvalue weighted by atomic mass is 9.71. The summed E-state index contributed by atoms with van der Waals surface area (Å²) in [4.78, 5) is 13.8. The van der Waals surface area contributed by atoms with E-state index in [0.717, 1.165) is 44.2 Å². The third-order valence-corrected chi connectivity index (χ3v) is 6.51. The van der Waals surface area contributed by atoms with Gasteiger partial charge in [0.15, 0.2) is 5.79 Å². The molecule has 0 aromatic heterocycles. The van der Waals surface area contributed by atoms with Crippen LogP contribution in [0, 0.1) is 5.41 Å². The number of carboxylic acid groups (broad SMARTS) is 1. The van der Waals surface area contributed by atoms with Crippen LogP contribution in [-0.4, -0.2) is 48.1 Å². The van der Waals surface area contributed by atoms with Crippen molar-refractivity contribution in [3.63, 3.8) is 0 Å². The van der Waals surface area contributed by atoms with Gasteiger partial charge in [-0.3, -0.25) is 9.69 Å². The van der Waals surface area contributed by atoms with Crippen molar-refractivity contribution in [2.24, 2.45) is 5.41 Å². The van der Waals surface area contributed by atoms with E-state index >= 15 is 0 Å². The van der Waals surface area contributed by atoms with Crippen molar-refractivity contribution in [1.29, 1.82) is 0 Å². The van der Waals surface area contributed by atoms with E-state index in [-0.39, 0.29) is 5.41 Å². The molecule has 1 aromatic carbocycles. The molecule has 1 N–H and O–H groups in total. The van der Waals surface area contributed by atoms with Crippen LogP contribution in [0.3, 0.4) is 0 Å². The number of alkyl halides is 3. The van der Waals surface area contributed by atoms with Crippen LogP contribution in [0.1, 0.15) is 49.3 Å². The lowest BCUT2D eigenvalue weighted by Gasteiger charge is -2.42. The predicted molar refractivity (Wildman–Crippen MR) is 93.5 cm³/mol. The van der Waals surface area contributed by atoms with Gasteiger partial charge in [0, 0.05) is 19.4 Å². The molecule has 1 aromatic rings. The minimum atomic E-state index is -4.43. The SMILES string of the molecule is O=C(O)C(c1ccc(C(F)(F)F)cc1)N1CCC2(CCC3(CC2)OCCO3)C1. The zero-order valence-electron chi connectivity index (χ0n) is 15.5. The fourth-order valence-electron chi connectivity index (χ4n) is 4.91. The normalized spacial score (nSPS) is 25.4. The molecule has 1 atom stereocenters. The topological polar surface area (TPSA) is 59.0 Å². The summed E-state index contributed by atoms with van der Waals surface area (Å²) in [5.41, 5.74) is -0.361. The van der Waals surface area contributed by atoms with Crippen LogP contribution < -0.4 is 0 Å². The van der Waals surface area contributed by atoms with Crippen molar-refractivity contribution in [1.82, 2.24) is 4.90 Å². The van der Waals surface area contributed by atoms with Gasteiger partial charge in [-0.25, -0.2) is 0 Å². The number of hydrogen-bond acceptors (Lipinski definition) is 4. The molecule has 8 heteroatoms. The highest BCUT2D eigenvalue weighted by atomic mass is 19.4. The number of carbonyl (C=O) groups is 1. The molecule has 0 bridgehead atoms. The van der Waals surface area contributed by atoms with Crippen LogP contribution >= 0.6 is 0 Å². The Morgan fingerprint density at radius 3 is 2.18 bits per heavy atom. The number of hydrogen-bond donors (Lipinski definition) is 1. The van der Waals surface area contributed by atoms with Crippen molar-refractivity contribution in [3.8, 4) is 0 Å². The van der Waals surface area contributed by atoms with Gasteiger partial charge in [0.1, 0.15) is 6.04 Å². The molecule has 0 amide bonds. The zero-order valence-corrected chi connectivity index (χ0v) is 15.5. The van der Waals surface area contributed by atoms with E-state index in [2.05, 4.69) is 0 Å². The quantitative estimate of drug-likeness (QED) is 0.837. The Labute approximate surface area is 161 Å². The summed E-state index contributed by atoms with van der Waals surface area (Å²) in [6.45, 7) is 2.48. The molecule has 1 unspecified atom stereocenters. The maximum Gasteiger partial charge on any atom is 0.416 e. The first kappa shape index (κ1) is 19.7. The van der Waals surface area contributed by atoms with Gasteiger partial charge in [0.05, 0.1) is 18.8 Å². The van der Waals surface area contributed by atoms with Crippen LogP contribution in [-0.2, 0) is 20.4 Å². The summed E-state index contributed by atoms with van der Waals surface area (Å²) in [5, 5.41) is 9.77. The molecule has 0 radical (unpaired) electrons. The Hall–Kier alpha value is -1.64. The summed E-state index contributed by atoms with van der Waals surface area (Å²) in [5.74, 6) is -1.50. The largest absolute Gasteiger partial charge is 0.480 e. The average molecular weight is 399 g/mol. The van der Waals surface area contributed by atoms with Gasteiger partial charge in [-0.05, 0) is 48.9 Å². The Morgan fingerprint density at radius 2 is 1.64 bits per heavy atom. The molecule has 2 saturated heterocycles. The fraction of sp³-hybridized carbons (Fsp3) is 0.650. The van der Waals surface area contributed by atoms with Gasteiger partial charge in [-0.2, -0.15) is 13.2 Å². The van der Waals surface area contributed by atoms with Gasteiger partial charge in [-0.1, -0.05) is 12.1 Å². The number of benzene rings is 1. The Kier molecular flexibility index (Phi) is 4.92. The Bertz CT molecular complexity index is 718. The molecule has 3 fully saturated rings. The average Bonchev–Trinajstić information content (AvgIpc) is 3.26. The molecule has 1 aliphatic carbocycles. The Morgan fingerprint density at radius 1 is 1.04 bits per heavy atom. The molecule has 2 heterocycles. The molecule has 4 rings (SSSR count). The zero-order chi connectivity index (χ0) is 20.0. The summed E-state index contributed by atoms with van der Waals surface area (Å²) in [6.07, 6.45) is -0.131. The molecule has 5 nitrogen and oxygen atoms in total. The van der Waals surface area contributed by atoms with Gasteiger partial charge in [0.2, 0.25) is 0 Å². The number of aliphatic carboxylic acids is 1. The number of ether oxygens (including phenoxy) is 2. The summed E-state index contributed by atoms with van der Waals surface area (Å²) >= 11 is 0. The van der Waals surface area contributed by atoms with E-state index in [1.165, 1.54) is 12.1 Å². The molecule has 28 heavy (non-hydrogen) atoms. The number of rotatable bonds is 3. The van der Waals surface area contributed by atoms with E-state index < -0.39 is 29.5 Å². The molecular weight excluding hydrogens is 375 g/mol. The van der Waals surface area contributed by atoms with E-state index in [4.69, 9.17) is 9.47 Å². The minimum Gasteiger partial charge on any atom is -0.480 e. The van der Waals surface area contributed by atoms with Gasteiger partial charge >= 0.3 is 12.1 Å². The molecule has 2 spiro atoms. The number of likely N-dealkylation sites (tertiary alicyclic amines) is 1. The first-order valence-corrected chi connectivity index (χ1v) is 9.64. The van der Waals surface area contributed by atoms with Gasteiger partial charge in [-0.15, -0.1) is 0 Å². The maximum atomic E-state index is 12.8. The van der Waals surface area contributed by atoms with Crippen LogP contribution in [0.2, 0.25) is 0 Å². The number of carboxylic acids is 1. The molecule has 2 aliphatic heterocycles. The highest BCUT2D eigenvalue weighted by Crippen LogP contribution is 2.50. The second-order valence-electron chi connectivity index (χ2n) is 8.19. The first-order chi connectivity index (χ1) is 13.2. The summed E-state index contributed by atoms with van der Waals surface area (Å²) in [6, 6.07) is 3.54. The third-order valence-electron chi connectivity index (χ3n) is 6.51. The molecule has 1 saturated carbocycles. The molecular formula is C20H24F3NO4. The fourth-order valence-corrected chi connectivity index (χ4v) is 4.91. The molecule has 154 valence electrons. The van der Waals surface area contributed by atoms with Gasteiger partial charge < -0.3 is 14.6 Å². The van der Waals surface area contributed by atoms with Gasteiger partial charge in [0.25, 0.3) is 0 Å². The van der Waals surface area contributed by atoms with Crippen molar-refractivity contribution < 1.29 is 32.5 Å². The monoisotopic (exact) mass is 399 g/mol. The maximum absolute atomic E-state index is 12.8. The van der Waals surface area contributed by atoms with E-state index in [9.17, 15) is 23.1 Å². The van der Waals surface area contributed by atoms with E-state index in [1.54, 1.807) is 0 Å². The van der Waals surface area contributed by atoms with Crippen LogP contribution in [0.4, 0.5) is 13.2 Å². The third kappa shape index (κ3) is 3.65. The Balaban J connectivity index is 1.47. The second kappa shape index (κ2) is 7.00. The minimum absolute atomic E-state index is 0.0279. The van der Waals surface area contributed by atoms with Crippen molar-refractivity contribution in [3.05, 3.63) is 35.4 Å². The predicted octanol–water partition coefficient (Wildman–Crippen LogP) is 3.84. The smallest absolute Gasteiger partial charge is 0.416 e. The second-order valence-corrected chi connectivity index (χ2v) is 8.19. The standard InChI is InChI=1S/C20H24F3NO4/c21-20(22,23)15-3-1-14(2-4-15)16(17(25)26)24-10-9-18(13-24)5-7-19(8-6-18)27-11-12-28-19/h1-4,16H,5-13H2,(H,25,26). The highest BCUT2D eigenvalue weighted by molar-refractivity contribution is 5.75. The summed E-state index contributed by atoms with van der Waals surface area (Å²) in [7, 11) is 0. The molecule has 3 aliphatic rings.